The average molecular weight is 283 g/mol. The molecular formula is C16H17N3O2. The summed E-state index contributed by atoms with van der Waals surface area (Å²) in [6, 6.07) is 10.9. The fraction of sp³-hybridized carbons (Fsp3) is 0.188. The molecule has 21 heavy (non-hydrogen) atoms. The molecule has 0 unspecified atom stereocenters. The predicted molar refractivity (Wildman–Crippen MR) is 81.0 cm³/mol. The van der Waals surface area contributed by atoms with E-state index in [1.54, 1.807) is 18.3 Å². The average Bonchev–Trinajstić information content (AvgIpc) is 2.54. The van der Waals surface area contributed by atoms with Crippen LogP contribution in [0.1, 0.15) is 22.8 Å². The number of nitrogens with one attached hydrogen (secondary N) is 2. The number of hydrogen-bond acceptors (Lipinski definition) is 3. The first-order valence-electron chi connectivity index (χ1n) is 6.76. The summed E-state index contributed by atoms with van der Waals surface area (Å²) in [5.74, 6) is -0.587. The second-order valence-corrected chi connectivity index (χ2v) is 4.52. The summed E-state index contributed by atoms with van der Waals surface area (Å²) < 4.78 is 0. The summed E-state index contributed by atoms with van der Waals surface area (Å²) in [5.41, 5.74) is 2.35. The minimum atomic E-state index is -0.320. The van der Waals surface area contributed by atoms with Gasteiger partial charge in [-0.15, -0.1) is 0 Å². The lowest BCUT2D eigenvalue weighted by atomic mass is 10.1. The number of carbonyl (C=O) groups excluding carboxylic acids is 2. The van der Waals surface area contributed by atoms with Crippen LogP contribution in [0.2, 0.25) is 0 Å². The van der Waals surface area contributed by atoms with Gasteiger partial charge in [-0.1, -0.05) is 19.1 Å². The summed E-state index contributed by atoms with van der Waals surface area (Å²) in [7, 11) is 0. The van der Waals surface area contributed by atoms with Gasteiger partial charge in [0.25, 0.3) is 5.91 Å². The van der Waals surface area contributed by atoms with Crippen molar-refractivity contribution >= 4 is 17.5 Å². The number of rotatable bonds is 5. The summed E-state index contributed by atoms with van der Waals surface area (Å²) in [5, 5.41) is 5.28. The van der Waals surface area contributed by atoms with Crippen molar-refractivity contribution in [1.29, 1.82) is 0 Å². The monoisotopic (exact) mass is 283 g/mol. The Balaban J connectivity index is 1.83. The number of carbonyl (C=O) groups is 2. The molecule has 0 aliphatic heterocycles. The topological polar surface area (TPSA) is 71.1 Å². The normalized spacial score (nSPS) is 9.95. The predicted octanol–water partition coefficient (Wildman–Crippen LogP) is 2.01. The summed E-state index contributed by atoms with van der Waals surface area (Å²) in [6.45, 7) is 1.99. The molecule has 5 heteroatoms. The molecular weight excluding hydrogens is 266 g/mol. The second-order valence-electron chi connectivity index (χ2n) is 4.52. The minimum absolute atomic E-state index is 0.0801. The van der Waals surface area contributed by atoms with E-state index in [-0.39, 0.29) is 18.4 Å². The number of aromatic nitrogens is 1. The molecule has 0 aliphatic rings. The summed E-state index contributed by atoms with van der Waals surface area (Å²) >= 11 is 0. The molecule has 0 bridgehead atoms. The van der Waals surface area contributed by atoms with Crippen LogP contribution in [0.4, 0.5) is 5.69 Å². The van der Waals surface area contributed by atoms with Crippen LogP contribution in [0.15, 0.2) is 48.8 Å². The van der Waals surface area contributed by atoms with Crippen molar-refractivity contribution in [2.45, 2.75) is 13.3 Å². The van der Waals surface area contributed by atoms with E-state index in [1.807, 2.05) is 24.3 Å². The minimum Gasteiger partial charge on any atom is -0.343 e. The van der Waals surface area contributed by atoms with Crippen LogP contribution in [0.3, 0.4) is 0 Å². The number of aryl methyl sites for hydroxylation is 1. The number of pyridine rings is 1. The quantitative estimate of drug-likeness (QED) is 0.881. The maximum atomic E-state index is 11.8. The van der Waals surface area contributed by atoms with Gasteiger partial charge in [0.15, 0.2) is 0 Å². The van der Waals surface area contributed by atoms with E-state index in [9.17, 15) is 9.59 Å². The Morgan fingerprint density at radius 1 is 1.14 bits per heavy atom. The molecule has 1 aromatic carbocycles. The SMILES string of the molecule is CCc1ccc(NC(=O)CNC(=O)c2cccnc2)cc1. The maximum absolute atomic E-state index is 11.8. The molecule has 1 aromatic heterocycles. The first-order chi connectivity index (χ1) is 10.2. The van der Waals surface area contributed by atoms with Gasteiger partial charge in [0, 0.05) is 18.1 Å². The smallest absolute Gasteiger partial charge is 0.253 e. The van der Waals surface area contributed by atoms with Crippen molar-refractivity contribution in [3.63, 3.8) is 0 Å². The van der Waals surface area contributed by atoms with Gasteiger partial charge >= 0.3 is 0 Å². The third-order valence-corrected chi connectivity index (χ3v) is 2.98. The van der Waals surface area contributed by atoms with Crippen molar-refractivity contribution in [3.05, 3.63) is 59.9 Å². The van der Waals surface area contributed by atoms with Crippen molar-refractivity contribution in [2.24, 2.45) is 0 Å². The number of amides is 2. The van der Waals surface area contributed by atoms with E-state index in [4.69, 9.17) is 0 Å². The van der Waals surface area contributed by atoms with Crippen LogP contribution < -0.4 is 10.6 Å². The number of nitrogens with zero attached hydrogens (tertiary/aromatic N) is 1. The fourth-order valence-electron chi connectivity index (χ4n) is 1.79. The van der Waals surface area contributed by atoms with Crippen LogP contribution in [0.25, 0.3) is 0 Å². The largest absolute Gasteiger partial charge is 0.343 e. The van der Waals surface area contributed by atoms with Gasteiger partial charge in [-0.3, -0.25) is 14.6 Å². The van der Waals surface area contributed by atoms with E-state index in [0.29, 0.717) is 11.3 Å². The molecule has 0 radical (unpaired) electrons. The summed E-state index contributed by atoms with van der Waals surface area (Å²) in [4.78, 5) is 27.4. The van der Waals surface area contributed by atoms with Crippen molar-refractivity contribution in [3.8, 4) is 0 Å². The van der Waals surface area contributed by atoms with Crippen molar-refractivity contribution < 1.29 is 9.59 Å². The maximum Gasteiger partial charge on any atom is 0.253 e. The number of hydrogen-bond donors (Lipinski definition) is 2. The molecule has 0 saturated carbocycles. The summed E-state index contributed by atoms with van der Waals surface area (Å²) in [6.07, 6.45) is 4.00. The zero-order chi connectivity index (χ0) is 15.1. The Hall–Kier alpha value is -2.69. The molecule has 2 aromatic rings. The van der Waals surface area contributed by atoms with Crippen molar-refractivity contribution in [2.75, 3.05) is 11.9 Å². The molecule has 0 saturated heterocycles. The van der Waals surface area contributed by atoms with Gasteiger partial charge in [-0.25, -0.2) is 0 Å². The first-order valence-corrected chi connectivity index (χ1v) is 6.76. The number of anilines is 1. The van der Waals surface area contributed by atoms with E-state index in [1.165, 1.54) is 11.8 Å². The lowest BCUT2D eigenvalue weighted by Gasteiger charge is -2.07. The van der Waals surface area contributed by atoms with E-state index >= 15 is 0 Å². The zero-order valence-electron chi connectivity index (χ0n) is 11.8. The van der Waals surface area contributed by atoms with E-state index in [2.05, 4.69) is 22.5 Å². The van der Waals surface area contributed by atoms with E-state index < -0.39 is 0 Å². The second kappa shape index (κ2) is 7.19. The Morgan fingerprint density at radius 2 is 1.90 bits per heavy atom. The Labute approximate surface area is 123 Å². The van der Waals surface area contributed by atoms with Crippen molar-refractivity contribution in [1.82, 2.24) is 10.3 Å². The molecule has 108 valence electrons. The van der Waals surface area contributed by atoms with Gasteiger partial charge in [0.05, 0.1) is 12.1 Å². The lowest BCUT2D eigenvalue weighted by molar-refractivity contribution is -0.115. The lowest BCUT2D eigenvalue weighted by Crippen LogP contribution is -2.32. The van der Waals surface area contributed by atoms with Gasteiger partial charge in [-0.2, -0.15) is 0 Å². The molecule has 0 spiro atoms. The third kappa shape index (κ3) is 4.42. The molecule has 5 nitrogen and oxygen atoms in total. The first kappa shape index (κ1) is 14.7. The van der Waals surface area contributed by atoms with Crippen LogP contribution in [-0.2, 0) is 11.2 Å². The Kier molecular flexibility index (Phi) is 5.04. The zero-order valence-corrected chi connectivity index (χ0v) is 11.8. The molecule has 0 aliphatic carbocycles. The standard InChI is InChI=1S/C16H17N3O2/c1-2-12-5-7-14(8-6-12)19-15(20)11-18-16(21)13-4-3-9-17-10-13/h3-10H,2,11H2,1H3,(H,18,21)(H,19,20). The molecule has 0 atom stereocenters. The van der Waals surface area contributed by atoms with Crippen LogP contribution in [0, 0.1) is 0 Å². The van der Waals surface area contributed by atoms with Crippen LogP contribution in [0.5, 0.6) is 0 Å². The molecule has 2 amide bonds. The Morgan fingerprint density at radius 3 is 2.52 bits per heavy atom. The van der Waals surface area contributed by atoms with Gasteiger partial charge in [-0.05, 0) is 36.2 Å². The highest BCUT2D eigenvalue weighted by molar-refractivity contribution is 5.99. The van der Waals surface area contributed by atoms with Gasteiger partial charge in [0.1, 0.15) is 0 Å². The number of benzene rings is 1. The van der Waals surface area contributed by atoms with Gasteiger partial charge in [0.2, 0.25) is 5.91 Å². The molecule has 1 heterocycles. The van der Waals surface area contributed by atoms with Gasteiger partial charge < -0.3 is 10.6 Å². The molecule has 2 N–H and O–H groups in total. The van der Waals surface area contributed by atoms with Crippen LogP contribution >= 0.6 is 0 Å². The van der Waals surface area contributed by atoms with Crippen LogP contribution in [-0.4, -0.2) is 23.3 Å². The highest BCUT2D eigenvalue weighted by atomic mass is 16.2. The molecule has 0 fully saturated rings. The van der Waals surface area contributed by atoms with E-state index in [0.717, 1.165) is 6.42 Å². The molecule has 2 rings (SSSR count). The third-order valence-electron chi connectivity index (χ3n) is 2.98. The Bertz CT molecular complexity index is 609. The fourth-order valence-corrected chi connectivity index (χ4v) is 1.79. The highest BCUT2D eigenvalue weighted by Gasteiger charge is 2.08. The highest BCUT2D eigenvalue weighted by Crippen LogP contribution is 2.09.